The number of primary amides is 1. The van der Waals surface area contributed by atoms with Crippen LogP contribution in [0.5, 0.6) is 0 Å². The molecule has 0 aromatic heterocycles. The Balaban J connectivity index is 1.57. The van der Waals surface area contributed by atoms with Gasteiger partial charge in [0.1, 0.15) is 0 Å². The number of sulfonamides is 1. The number of carbonyl (C=O) groups excluding carboxylic acids is 2. The predicted octanol–water partition coefficient (Wildman–Crippen LogP) is 2.41. The summed E-state index contributed by atoms with van der Waals surface area (Å²) in [6.45, 7) is 0.843. The van der Waals surface area contributed by atoms with Crippen LogP contribution in [0.2, 0.25) is 5.02 Å². The van der Waals surface area contributed by atoms with Gasteiger partial charge in [0.25, 0.3) is 0 Å². The molecule has 1 fully saturated rings. The first-order valence-corrected chi connectivity index (χ1v) is 11.8. The lowest BCUT2D eigenvalue weighted by Gasteiger charge is -2.33. The summed E-state index contributed by atoms with van der Waals surface area (Å²) < 4.78 is 27.7. The highest BCUT2D eigenvalue weighted by molar-refractivity contribution is 7.89. The van der Waals surface area contributed by atoms with Crippen molar-refractivity contribution in [2.24, 2.45) is 5.73 Å². The lowest BCUT2D eigenvalue weighted by Crippen LogP contribution is -2.47. The maximum Gasteiger partial charge on any atom is 0.312 e. The van der Waals surface area contributed by atoms with Gasteiger partial charge in [0.15, 0.2) is 0 Å². The van der Waals surface area contributed by atoms with Gasteiger partial charge in [-0.2, -0.15) is 0 Å². The summed E-state index contributed by atoms with van der Waals surface area (Å²) in [6.07, 6.45) is 1.06. The van der Waals surface area contributed by atoms with Gasteiger partial charge in [0.2, 0.25) is 15.9 Å². The lowest BCUT2D eigenvalue weighted by atomic mass is 10.0. The molecule has 1 aliphatic heterocycles. The fourth-order valence-corrected chi connectivity index (χ4v) is 5.01. The number of hydrogen-bond donors (Lipinski definition) is 3. The molecular weight excluding hydrogens is 440 g/mol. The van der Waals surface area contributed by atoms with Gasteiger partial charge in [-0.05, 0) is 42.7 Å². The molecule has 1 saturated heterocycles. The van der Waals surface area contributed by atoms with E-state index in [1.807, 2.05) is 0 Å². The molecule has 0 spiro atoms. The second kappa shape index (κ2) is 10.1. The van der Waals surface area contributed by atoms with E-state index in [0.29, 0.717) is 31.0 Å². The molecule has 0 unspecified atom stereocenters. The van der Waals surface area contributed by atoms with Crippen LogP contribution < -0.4 is 15.8 Å². The third-order valence-corrected chi connectivity index (χ3v) is 6.98. The van der Waals surface area contributed by atoms with Crippen LogP contribution >= 0.6 is 11.6 Å². The monoisotopic (exact) mass is 464 g/mol. The molecule has 166 valence electrons. The number of nitrogens with one attached hydrogen (secondary N) is 2. The van der Waals surface area contributed by atoms with Crippen molar-refractivity contribution < 1.29 is 18.0 Å². The van der Waals surface area contributed by atoms with Gasteiger partial charge in [-0.3, -0.25) is 4.79 Å². The minimum atomic E-state index is -3.60. The van der Waals surface area contributed by atoms with Crippen molar-refractivity contribution in [3.8, 4) is 0 Å². The van der Waals surface area contributed by atoms with Crippen LogP contribution in [0, 0.1) is 0 Å². The Morgan fingerprint density at radius 2 is 1.68 bits per heavy atom. The zero-order chi connectivity index (χ0) is 22.4. The van der Waals surface area contributed by atoms with Crippen LogP contribution in [0.3, 0.4) is 0 Å². The first-order valence-electron chi connectivity index (χ1n) is 9.91. The number of halogens is 1. The molecule has 1 aliphatic rings. The number of hydrogen-bond acceptors (Lipinski definition) is 4. The van der Waals surface area contributed by atoms with E-state index in [-0.39, 0.29) is 23.3 Å². The number of likely N-dealkylation sites (tertiary alicyclic amines) is 1. The van der Waals surface area contributed by atoms with Crippen LogP contribution in [0.1, 0.15) is 30.9 Å². The number of benzene rings is 2. The largest absolute Gasteiger partial charge is 0.352 e. The summed E-state index contributed by atoms with van der Waals surface area (Å²) in [5.41, 5.74) is 6.00. The van der Waals surface area contributed by atoms with Gasteiger partial charge in [-0.1, -0.05) is 41.9 Å². The minimum absolute atomic E-state index is 0.0466. The van der Waals surface area contributed by atoms with Crippen molar-refractivity contribution in [2.45, 2.75) is 36.2 Å². The van der Waals surface area contributed by atoms with E-state index in [0.717, 1.165) is 5.56 Å². The summed E-state index contributed by atoms with van der Waals surface area (Å²) >= 11 is 5.91. The first kappa shape index (κ1) is 23.1. The lowest BCUT2D eigenvalue weighted by molar-refractivity contribution is -0.132. The molecule has 4 N–H and O–H groups in total. The van der Waals surface area contributed by atoms with E-state index >= 15 is 0 Å². The molecule has 1 heterocycles. The topological polar surface area (TPSA) is 122 Å². The van der Waals surface area contributed by atoms with Gasteiger partial charge in [0, 0.05) is 24.2 Å². The Morgan fingerprint density at radius 3 is 2.26 bits per heavy atom. The van der Waals surface area contributed by atoms with Crippen molar-refractivity contribution >= 4 is 33.6 Å². The fraction of sp³-hybridized carbons (Fsp3) is 0.333. The van der Waals surface area contributed by atoms with Gasteiger partial charge >= 0.3 is 6.03 Å². The van der Waals surface area contributed by atoms with E-state index in [4.69, 9.17) is 17.3 Å². The van der Waals surface area contributed by atoms with Crippen molar-refractivity contribution in [1.29, 1.82) is 0 Å². The average molecular weight is 465 g/mol. The normalized spacial score (nSPS) is 16.0. The second-order valence-corrected chi connectivity index (χ2v) is 9.56. The first-order chi connectivity index (χ1) is 14.7. The average Bonchev–Trinajstić information content (AvgIpc) is 2.74. The maximum absolute atomic E-state index is 12.8. The van der Waals surface area contributed by atoms with E-state index < -0.39 is 22.1 Å². The van der Waals surface area contributed by atoms with Crippen molar-refractivity contribution in [2.75, 3.05) is 13.1 Å². The van der Waals surface area contributed by atoms with E-state index in [2.05, 4.69) is 10.0 Å². The van der Waals surface area contributed by atoms with E-state index in [9.17, 15) is 18.0 Å². The van der Waals surface area contributed by atoms with Crippen molar-refractivity contribution in [1.82, 2.24) is 14.9 Å². The molecule has 2 aromatic carbocycles. The van der Waals surface area contributed by atoms with Crippen LogP contribution in [-0.2, 0) is 14.8 Å². The van der Waals surface area contributed by atoms with E-state index in [1.54, 1.807) is 59.5 Å². The van der Waals surface area contributed by atoms with Crippen molar-refractivity contribution in [3.63, 3.8) is 0 Å². The quantitative estimate of drug-likeness (QED) is 0.582. The highest BCUT2D eigenvalue weighted by Crippen LogP contribution is 2.22. The molecule has 0 aliphatic carbocycles. The smallest absolute Gasteiger partial charge is 0.312 e. The summed E-state index contributed by atoms with van der Waals surface area (Å²) in [5.74, 6) is -0.141. The van der Waals surface area contributed by atoms with E-state index in [1.165, 1.54) is 0 Å². The van der Waals surface area contributed by atoms with Gasteiger partial charge < -0.3 is 16.0 Å². The number of rotatable bonds is 7. The molecule has 10 heteroatoms. The van der Waals surface area contributed by atoms with Crippen LogP contribution in [0.4, 0.5) is 4.79 Å². The van der Waals surface area contributed by atoms with Crippen LogP contribution in [0.25, 0.3) is 0 Å². The molecule has 3 amide bonds. The molecule has 2 aromatic rings. The number of carbonyl (C=O) groups is 2. The second-order valence-electron chi connectivity index (χ2n) is 7.41. The molecular formula is C21H25ClN4O4S. The molecule has 31 heavy (non-hydrogen) atoms. The number of nitrogens with two attached hydrogens (primary N) is 1. The SMILES string of the molecule is NC(=O)N[C@H](CC(=O)N1CCC(NS(=O)(=O)c2ccccc2)CC1)c1ccc(Cl)cc1. The molecule has 3 rings (SSSR count). The van der Waals surface area contributed by atoms with Gasteiger partial charge in [-0.25, -0.2) is 17.9 Å². The Labute approximate surface area is 186 Å². The molecule has 8 nitrogen and oxygen atoms in total. The molecule has 1 atom stereocenters. The van der Waals surface area contributed by atoms with Gasteiger partial charge in [-0.15, -0.1) is 0 Å². The summed E-state index contributed by atoms with van der Waals surface area (Å²) in [4.78, 5) is 26.1. The Bertz CT molecular complexity index is 1010. The molecule has 0 bridgehead atoms. The number of amides is 3. The number of urea groups is 1. The Kier molecular flexibility index (Phi) is 7.53. The zero-order valence-electron chi connectivity index (χ0n) is 16.8. The zero-order valence-corrected chi connectivity index (χ0v) is 18.4. The standard InChI is InChI=1S/C21H25ClN4O4S/c22-16-8-6-15(7-9-16)19(24-21(23)28)14-20(27)26-12-10-17(11-13-26)25-31(29,30)18-4-2-1-3-5-18/h1-9,17,19,25H,10-14H2,(H3,23,24,28)/t19-/m1/s1. The Hall–Kier alpha value is -2.62. The maximum atomic E-state index is 12.8. The van der Waals surface area contributed by atoms with Crippen LogP contribution in [-0.4, -0.2) is 44.4 Å². The highest BCUT2D eigenvalue weighted by atomic mass is 35.5. The third kappa shape index (κ3) is 6.43. The summed E-state index contributed by atoms with van der Waals surface area (Å²) in [5, 5.41) is 3.15. The van der Waals surface area contributed by atoms with Crippen molar-refractivity contribution in [3.05, 3.63) is 65.2 Å². The highest BCUT2D eigenvalue weighted by Gasteiger charge is 2.28. The summed E-state index contributed by atoms with van der Waals surface area (Å²) in [7, 11) is -3.60. The summed E-state index contributed by atoms with van der Waals surface area (Å²) in [6, 6.07) is 13.5. The minimum Gasteiger partial charge on any atom is -0.352 e. The number of nitrogens with zero attached hydrogens (tertiary/aromatic N) is 1. The predicted molar refractivity (Wildman–Crippen MR) is 118 cm³/mol. The fourth-order valence-electron chi connectivity index (χ4n) is 3.56. The van der Waals surface area contributed by atoms with Gasteiger partial charge in [0.05, 0.1) is 17.4 Å². The Morgan fingerprint density at radius 1 is 1.06 bits per heavy atom. The number of piperidine rings is 1. The third-order valence-electron chi connectivity index (χ3n) is 5.19. The molecule has 0 radical (unpaired) electrons. The van der Waals surface area contributed by atoms with Crippen LogP contribution in [0.15, 0.2) is 59.5 Å². The molecule has 0 saturated carbocycles.